The molecular weight excluding hydrogens is 619 g/mol. The fourth-order valence-electron chi connectivity index (χ4n) is 5.78. The molecule has 0 fully saturated rings. The number of halogens is 2. The summed E-state index contributed by atoms with van der Waals surface area (Å²) in [5.41, 5.74) is 1.60. The van der Waals surface area contributed by atoms with Crippen LogP contribution in [0.25, 0.3) is 11.4 Å². The second-order valence-electron chi connectivity index (χ2n) is 10.5. The van der Waals surface area contributed by atoms with Gasteiger partial charge in [-0.05, 0) is 43.0 Å². The quantitative estimate of drug-likeness (QED) is 0.249. The molecule has 2 unspecified atom stereocenters. The molecule has 6 aromatic rings. The molecule has 16 nitrogen and oxygen atoms in total. The fraction of sp³-hybridized carbons (Fsp3) is 0.333. The van der Waals surface area contributed by atoms with Crippen molar-refractivity contribution in [1.82, 2.24) is 69.0 Å². The molecule has 2 aliphatic rings. The van der Waals surface area contributed by atoms with Gasteiger partial charge >= 0.3 is 0 Å². The number of hydrogen-bond donors (Lipinski definition) is 0. The van der Waals surface area contributed by atoms with E-state index in [1.165, 1.54) is 0 Å². The zero-order chi connectivity index (χ0) is 31.4. The van der Waals surface area contributed by atoms with Gasteiger partial charge in [-0.15, -0.1) is 20.4 Å². The van der Waals surface area contributed by atoms with Crippen molar-refractivity contribution in [3.63, 3.8) is 0 Å². The van der Waals surface area contributed by atoms with Crippen LogP contribution in [-0.4, -0.2) is 69.0 Å². The number of aryl methyl sites for hydroxylation is 3. The summed E-state index contributed by atoms with van der Waals surface area (Å²) in [6.45, 7) is 6.11. The Morgan fingerprint density at radius 2 is 1.29 bits per heavy atom. The number of fused-ring (bicyclic) bond motifs is 6. The molecule has 230 valence electrons. The molecule has 0 aromatic carbocycles. The molecule has 45 heavy (non-hydrogen) atoms. The molecule has 18 heteroatoms. The lowest BCUT2D eigenvalue weighted by atomic mass is 10.1. The fourth-order valence-corrected chi connectivity index (χ4v) is 6.04. The van der Waals surface area contributed by atoms with E-state index >= 15 is 0 Å². The molecule has 0 saturated heterocycles. The zero-order valence-corrected chi connectivity index (χ0v) is 26.5. The molecule has 0 N–H and O–H groups in total. The van der Waals surface area contributed by atoms with Gasteiger partial charge in [0.1, 0.15) is 23.5 Å². The van der Waals surface area contributed by atoms with E-state index in [0.717, 1.165) is 53.3 Å². The van der Waals surface area contributed by atoms with E-state index in [1.54, 1.807) is 28.1 Å². The molecular formula is C27H28Cl2N16. The third-order valence-electron chi connectivity index (χ3n) is 7.71. The Balaban J connectivity index is 0.000000145. The maximum atomic E-state index is 6.05. The van der Waals surface area contributed by atoms with E-state index in [1.807, 2.05) is 64.5 Å². The van der Waals surface area contributed by atoms with E-state index in [2.05, 4.69) is 64.4 Å². The highest BCUT2D eigenvalue weighted by Gasteiger charge is 2.37. The van der Waals surface area contributed by atoms with Crippen LogP contribution in [0.5, 0.6) is 0 Å². The summed E-state index contributed by atoms with van der Waals surface area (Å²) in [6, 6.07) is 3.84. The molecule has 2 aliphatic heterocycles. The van der Waals surface area contributed by atoms with Gasteiger partial charge in [-0.3, -0.25) is 28.3 Å². The maximum absolute atomic E-state index is 6.05. The largest absolute Gasteiger partial charge is 0.297 e. The van der Waals surface area contributed by atoms with Crippen molar-refractivity contribution >= 4 is 46.5 Å². The van der Waals surface area contributed by atoms with Crippen molar-refractivity contribution < 1.29 is 0 Å². The van der Waals surface area contributed by atoms with Crippen molar-refractivity contribution in [3.05, 3.63) is 71.3 Å². The average molecular weight is 648 g/mol. The van der Waals surface area contributed by atoms with Crippen LogP contribution in [0.15, 0.2) is 43.2 Å². The number of aromatic nitrogens is 14. The molecule has 0 spiro atoms. The van der Waals surface area contributed by atoms with Crippen molar-refractivity contribution in [1.29, 1.82) is 0 Å². The Morgan fingerprint density at radius 1 is 0.733 bits per heavy atom. The van der Waals surface area contributed by atoms with Gasteiger partial charge < -0.3 is 0 Å². The predicted octanol–water partition coefficient (Wildman–Crippen LogP) is 4.40. The third kappa shape index (κ3) is 4.76. The highest BCUT2D eigenvalue weighted by Crippen LogP contribution is 2.44. The Kier molecular flexibility index (Phi) is 7.16. The van der Waals surface area contributed by atoms with Gasteiger partial charge in [-0.25, -0.2) is 9.97 Å². The normalized spacial score (nSPS) is 16.4. The predicted molar refractivity (Wildman–Crippen MR) is 165 cm³/mol. The molecule has 0 aliphatic carbocycles. The zero-order valence-electron chi connectivity index (χ0n) is 25.0. The first-order chi connectivity index (χ1) is 21.8. The summed E-state index contributed by atoms with van der Waals surface area (Å²) in [5.74, 6) is 5.50. The Morgan fingerprint density at radius 3 is 1.84 bits per heavy atom. The first-order valence-corrected chi connectivity index (χ1v) is 15.0. The van der Waals surface area contributed by atoms with Gasteiger partial charge in [0.05, 0.1) is 24.5 Å². The van der Waals surface area contributed by atoms with Gasteiger partial charge in [-0.1, -0.05) is 13.8 Å². The van der Waals surface area contributed by atoms with Crippen LogP contribution < -0.4 is 9.80 Å². The summed E-state index contributed by atoms with van der Waals surface area (Å²) in [5, 5.41) is 26.3. The topological polar surface area (TPSA) is 155 Å². The third-order valence-corrected chi connectivity index (χ3v) is 8.07. The van der Waals surface area contributed by atoms with Gasteiger partial charge in [0.2, 0.25) is 10.6 Å². The summed E-state index contributed by atoms with van der Waals surface area (Å²) in [4.78, 5) is 21.2. The molecule has 8 rings (SSSR count). The summed E-state index contributed by atoms with van der Waals surface area (Å²) in [6.07, 6.45) is 10.5. The minimum Gasteiger partial charge on any atom is -0.297 e. The van der Waals surface area contributed by atoms with Crippen LogP contribution in [0.4, 0.5) is 23.3 Å². The van der Waals surface area contributed by atoms with Crippen molar-refractivity contribution in [2.45, 2.75) is 45.7 Å². The van der Waals surface area contributed by atoms with Crippen molar-refractivity contribution in [2.24, 2.45) is 14.1 Å². The van der Waals surface area contributed by atoms with Crippen molar-refractivity contribution in [2.75, 3.05) is 9.80 Å². The van der Waals surface area contributed by atoms with E-state index in [0.29, 0.717) is 11.6 Å². The highest BCUT2D eigenvalue weighted by atomic mass is 35.5. The Labute approximate surface area is 267 Å². The molecule has 2 atom stereocenters. The average Bonchev–Trinajstić information content (AvgIpc) is 3.84. The summed E-state index contributed by atoms with van der Waals surface area (Å²) >= 11 is 12.1. The second kappa shape index (κ2) is 11.2. The lowest BCUT2D eigenvalue weighted by Crippen LogP contribution is -2.33. The number of rotatable bonds is 4. The van der Waals surface area contributed by atoms with Crippen LogP contribution in [0, 0.1) is 6.92 Å². The van der Waals surface area contributed by atoms with Crippen LogP contribution >= 0.6 is 23.2 Å². The number of nitrogens with zero attached hydrogens (tertiary/aromatic N) is 16. The molecule has 0 amide bonds. The molecule has 6 aromatic heterocycles. The highest BCUT2D eigenvalue weighted by molar-refractivity contribution is 6.28. The second-order valence-corrected chi connectivity index (χ2v) is 11.2. The van der Waals surface area contributed by atoms with Gasteiger partial charge in [0, 0.05) is 38.6 Å². The molecule has 8 heterocycles. The van der Waals surface area contributed by atoms with Crippen LogP contribution in [0.3, 0.4) is 0 Å². The van der Waals surface area contributed by atoms with Gasteiger partial charge in [-0.2, -0.15) is 20.2 Å². The van der Waals surface area contributed by atoms with Gasteiger partial charge in [0.15, 0.2) is 34.9 Å². The minimum atomic E-state index is -0.0235. The van der Waals surface area contributed by atoms with Crippen molar-refractivity contribution in [3.8, 4) is 11.4 Å². The summed E-state index contributed by atoms with van der Waals surface area (Å²) < 4.78 is 7.40. The van der Waals surface area contributed by atoms with E-state index < -0.39 is 0 Å². The molecule has 0 radical (unpaired) electrons. The number of hydrogen-bond acceptors (Lipinski definition) is 12. The number of anilines is 4. The smallest absolute Gasteiger partial charge is 0.224 e. The first kappa shape index (κ1) is 28.8. The Hall–Kier alpha value is -4.96. The molecule has 0 saturated carbocycles. The maximum Gasteiger partial charge on any atom is 0.224 e. The first-order valence-electron chi connectivity index (χ1n) is 14.2. The van der Waals surface area contributed by atoms with E-state index in [-0.39, 0.29) is 22.7 Å². The summed E-state index contributed by atoms with van der Waals surface area (Å²) in [7, 11) is 3.76. The van der Waals surface area contributed by atoms with Gasteiger partial charge in [0.25, 0.3) is 0 Å². The lowest BCUT2D eigenvalue weighted by molar-refractivity contribution is 0.579. The van der Waals surface area contributed by atoms with E-state index in [4.69, 9.17) is 23.2 Å². The Bertz CT molecular complexity index is 2010. The van der Waals surface area contributed by atoms with E-state index in [9.17, 15) is 0 Å². The standard InChI is InChI=1S/C14H15ClN8.C13H13ClN8/c1-4-9-13-19-18-8(2)22(13)10-7-16-14(15)17-12(10)23(9)11-5-6-21(3)20-11;1-3-8-12-18-16-7-21(12)9-6-15-13(14)17-11(9)22(8)10-4-5-20(2)19-10/h5-7,9H,4H2,1-3H3;4-8H,3H2,1-2H3. The SMILES string of the molecule is CCC1c2nnc(C)n2-c2cnc(Cl)nc2N1c1ccn(C)n1.CCC1c2nncn2-c2cnc(Cl)nc2N1c1ccn(C)n1. The monoisotopic (exact) mass is 646 g/mol. The lowest BCUT2D eigenvalue weighted by Gasteiger charge is -2.35. The van der Waals surface area contributed by atoms with Crippen LogP contribution in [0.2, 0.25) is 10.6 Å². The molecule has 0 bridgehead atoms. The van der Waals surface area contributed by atoms with Crippen LogP contribution in [-0.2, 0) is 14.1 Å². The minimum absolute atomic E-state index is 0.0177. The van der Waals surface area contributed by atoms with Crippen LogP contribution in [0.1, 0.15) is 56.2 Å².